The van der Waals surface area contributed by atoms with E-state index in [0.717, 1.165) is 31.2 Å². The van der Waals surface area contributed by atoms with Crippen LogP contribution in [0.1, 0.15) is 39.3 Å². The fourth-order valence-electron chi connectivity index (χ4n) is 2.14. The van der Waals surface area contributed by atoms with E-state index in [-0.39, 0.29) is 5.54 Å². The van der Waals surface area contributed by atoms with Gasteiger partial charge in [-0.15, -0.1) is 0 Å². The highest BCUT2D eigenvalue weighted by atomic mass is 16.5. The average Bonchev–Trinajstić information content (AvgIpc) is 3.21. The van der Waals surface area contributed by atoms with Crippen LogP contribution >= 0.6 is 0 Å². The molecule has 112 valence electrons. The number of pyridine rings is 1. The van der Waals surface area contributed by atoms with Crippen molar-refractivity contribution in [3.05, 3.63) is 23.9 Å². The zero-order chi connectivity index (χ0) is 14.6. The minimum Gasteiger partial charge on any atom is -0.383 e. The highest BCUT2D eigenvalue weighted by Crippen LogP contribution is 2.30. The Morgan fingerprint density at radius 1 is 1.35 bits per heavy atom. The van der Waals surface area contributed by atoms with E-state index in [0.29, 0.717) is 6.04 Å². The molecule has 0 amide bonds. The summed E-state index contributed by atoms with van der Waals surface area (Å²) in [6.45, 7) is 9.00. The maximum Gasteiger partial charge on any atom is 0.129 e. The molecule has 0 spiro atoms. The molecule has 0 atom stereocenters. The van der Waals surface area contributed by atoms with E-state index in [9.17, 15) is 0 Å². The number of aromatic nitrogens is 1. The Morgan fingerprint density at radius 3 is 2.70 bits per heavy atom. The number of hydrogen-bond donors (Lipinski definition) is 1. The molecule has 0 unspecified atom stereocenters. The molecule has 1 aromatic heterocycles. The third kappa shape index (κ3) is 4.76. The average molecular weight is 277 g/mol. The summed E-state index contributed by atoms with van der Waals surface area (Å²) < 4.78 is 5.21. The SMILES string of the molecule is COCCN(c1cccc(CNC(C)(C)C)n1)C1CC1. The van der Waals surface area contributed by atoms with Gasteiger partial charge in [0.25, 0.3) is 0 Å². The first kappa shape index (κ1) is 15.3. The molecule has 1 heterocycles. The Labute approximate surface area is 122 Å². The molecule has 4 nitrogen and oxygen atoms in total. The van der Waals surface area contributed by atoms with E-state index in [1.54, 1.807) is 7.11 Å². The lowest BCUT2D eigenvalue weighted by atomic mass is 10.1. The van der Waals surface area contributed by atoms with E-state index in [1.165, 1.54) is 12.8 Å². The van der Waals surface area contributed by atoms with Crippen molar-refractivity contribution >= 4 is 5.82 Å². The lowest BCUT2D eigenvalue weighted by molar-refractivity contribution is 0.204. The first-order valence-electron chi connectivity index (χ1n) is 7.46. The van der Waals surface area contributed by atoms with Crippen molar-refractivity contribution < 1.29 is 4.74 Å². The van der Waals surface area contributed by atoms with Gasteiger partial charge in [-0.05, 0) is 45.7 Å². The number of anilines is 1. The summed E-state index contributed by atoms with van der Waals surface area (Å²) in [5, 5.41) is 3.49. The molecular formula is C16H27N3O. The number of methoxy groups -OCH3 is 1. The fraction of sp³-hybridized carbons (Fsp3) is 0.688. The highest BCUT2D eigenvalue weighted by Gasteiger charge is 2.29. The number of rotatable bonds is 7. The molecule has 2 rings (SSSR count). The van der Waals surface area contributed by atoms with Gasteiger partial charge in [0.15, 0.2) is 0 Å². The fourth-order valence-corrected chi connectivity index (χ4v) is 2.14. The van der Waals surface area contributed by atoms with E-state index in [4.69, 9.17) is 9.72 Å². The Morgan fingerprint density at radius 2 is 2.10 bits per heavy atom. The Bertz CT molecular complexity index is 424. The van der Waals surface area contributed by atoms with Crippen LogP contribution in [-0.4, -0.2) is 36.8 Å². The third-order valence-corrected chi connectivity index (χ3v) is 3.41. The molecule has 0 bridgehead atoms. The Balaban J connectivity index is 2.03. The third-order valence-electron chi connectivity index (χ3n) is 3.41. The van der Waals surface area contributed by atoms with Gasteiger partial charge in [0, 0.05) is 31.8 Å². The van der Waals surface area contributed by atoms with Gasteiger partial charge in [-0.25, -0.2) is 4.98 Å². The number of nitrogens with one attached hydrogen (secondary N) is 1. The van der Waals surface area contributed by atoms with Crippen molar-refractivity contribution in [3.63, 3.8) is 0 Å². The van der Waals surface area contributed by atoms with Crippen LogP contribution in [0.2, 0.25) is 0 Å². The van der Waals surface area contributed by atoms with Crippen molar-refractivity contribution in [1.29, 1.82) is 0 Å². The maximum atomic E-state index is 5.21. The normalized spacial score (nSPS) is 15.4. The maximum absolute atomic E-state index is 5.21. The smallest absolute Gasteiger partial charge is 0.129 e. The number of nitrogens with zero attached hydrogens (tertiary/aromatic N) is 2. The van der Waals surface area contributed by atoms with Crippen molar-refractivity contribution in [2.75, 3.05) is 25.2 Å². The van der Waals surface area contributed by atoms with Gasteiger partial charge >= 0.3 is 0 Å². The minimum absolute atomic E-state index is 0.115. The summed E-state index contributed by atoms with van der Waals surface area (Å²) in [6, 6.07) is 6.95. The highest BCUT2D eigenvalue weighted by molar-refractivity contribution is 5.42. The van der Waals surface area contributed by atoms with Gasteiger partial charge in [-0.2, -0.15) is 0 Å². The van der Waals surface area contributed by atoms with Crippen LogP contribution in [-0.2, 0) is 11.3 Å². The number of hydrogen-bond acceptors (Lipinski definition) is 4. The topological polar surface area (TPSA) is 37.4 Å². The molecule has 1 aliphatic rings. The monoisotopic (exact) mass is 277 g/mol. The second-order valence-electron chi connectivity index (χ2n) is 6.51. The molecule has 1 aromatic rings. The van der Waals surface area contributed by atoms with Crippen LogP contribution in [0.3, 0.4) is 0 Å². The first-order valence-corrected chi connectivity index (χ1v) is 7.46. The zero-order valence-electron chi connectivity index (χ0n) is 13.1. The van der Waals surface area contributed by atoms with E-state index in [2.05, 4.69) is 49.2 Å². The molecule has 0 saturated heterocycles. The van der Waals surface area contributed by atoms with Gasteiger partial charge in [-0.3, -0.25) is 0 Å². The quantitative estimate of drug-likeness (QED) is 0.831. The second kappa shape index (κ2) is 6.55. The molecule has 1 fully saturated rings. The molecule has 1 aliphatic carbocycles. The summed E-state index contributed by atoms with van der Waals surface area (Å²) in [5.74, 6) is 1.08. The van der Waals surface area contributed by atoms with Crippen LogP contribution in [0.15, 0.2) is 18.2 Å². The first-order chi connectivity index (χ1) is 9.49. The van der Waals surface area contributed by atoms with Gasteiger partial charge < -0.3 is 15.0 Å². The van der Waals surface area contributed by atoms with Crippen molar-refractivity contribution in [2.24, 2.45) is 0 Å². The lowest BCUT2D eigenvalue weighted by Gasteiger charge is -2.24. The summed E-state index contributed by atoms with van der Waals surface area (Å²) in [7, 11) is 1.75. The lowest BCUT2D eigenvalue weighted by Crippen LogP contribution is -2.35. The molecular weight excluding hydrogens is 250 g/mol. The number of ether oxygens (including phenoxy) is 1. The predicted molar refractivity (Wildman–Crippen MR) is 83.1 cm³/mol. The minimum atomic E-state index is 0.115. The Hall–Kier alpha value is -1.13. The zero-order valence-corrected chi connectivity index (χ0v) is 13.1. The predicted octanol–water partition coefficient (Wildman–Crippen LogP) is 2.58. The van der Waals surface area contributed by atoms with Crippen LogP contribution in [0.25, 0.3) is 0 Å². The summed E-state index contributed by atoms with van der Waals surface area (Å²) in [6.07, 6.45) is 2.55. The van der Waals surface area contributed by atoms with E-state index < -0.39 is 0 Å². The van der Waals surface area contributed by atoms with Gasteiger partial charge in [-0.1, -0.05) is 6.07 Å². The standard InChI is InChI=1S/C16H27N3O/c1-16(2,3)17-12-13-6-5-7-15(18-13)19(10-11-20-4)14-8-9-14/h5-7,14,17H,8-12H2,1-4H3. The van der Waals surface area contributed by atoms with Gasteiger partial charge in [0.05, 0.1) is 12.3 Å². The molecule has 1 N–H and O–H groups in total. The second-order valence-corrected chi connectivity index (χ2v) is 6.51. The Kier molecular flexibility index (Phi) is 5.00. The molecule has 1 saturated carbocycles. The van der Waals surface area contributed by atoms with Gasteiger partial charge in [0.1, 0.15) is 5.82 Å². The summed E-state index contributed by atoms with van der Waals surface area (Å²) in [5.41, 5.74) is 1.21. The van der Waals surface area contributed by atoms with Crippen molar-refractivity contribution in [2.45, 2.75) is 51.7 Å². The molecule has 20 heavy (non-hydrogen) atoms. The van der Waals surface area contributed by atoms with E-state index in [1.807, 2.05) is 0 Å². The van der Waals surface area contributed by atoms with Crippen LogP contribution in [0.4, 0.5) is 5.82 Å². The van der Waals surface area contributed by atoms with E-state index >= 15 is 0 Å². The van der Waals surface area contributed by atoms with Crippen LogP contribution in [0, 0.1) is 0 Å². The summed E-state index contributed by atoms with van der Waals surface area (Å²) in [4.78, 5) is 7.18. The van der Waals surface area contributed by atoms with Crippen LogP contribution < -0.4 is 10.2 Å². The van der Waals surface area contributed by atoms with Gasteiger partial charge in [0.2, 0.25) is 0 Å². The van der Waals surface area contributed by atoms with Crippen molar-refractivity contribution in [1.82, 2.24) is 10.3 Å². The largest absolute Gasteiger partial charge is 0.383 e. The van der Waals surface area contributed by atoms with Crippen LogP contribution in [0.5, 0.6) is 0 Å². The molecule has 0 aliphatic heterocycles. The summed E-state index contributed by atoms with van der Waals surface area (Å²) >= 11 is 0. The molecule has 0 radical (unpaired) electrons. The molecule has 4 heteroatoms. The molecule has 0 aromatic carbocycles. The van der Waals surface area contributed by atoms with Crippen molar-refractivity contribution in [3.8, 4) is 0 Å².